The Kier molecular flexibility index (Phi) is 4.78. The molecule has 2 rings (SSSR count). The lowest BCUT2D eigenvalue weighted by Crippen LogP contribution is -2.44. The molecule has 0 spiro atoms. The van der Waals surface area contributed by atoms with Gasteiger partial charge in [-0.2, -0.15) is 0 Å². The van der Waals surface area contributed by atoms with Gasteiger partial charge in [-0.25, -0.2) is 4.39 Å². The predicted molar refractivity (Wildman–Crippen MR) is 76.6 cm³/mol. The Morgan fingerprint density at radius 3 is 2.94 bits per heavy atom. The fourth-order valence-corrected chi connectivity index (χ4v) is 3.28. The second-order valence-electron chi connectivity index (χ2n) is 4.43. The first kappa shape index (κ1) is 14.0. The maximum absolute atomic E-state index is 13.7. The van der Waals surface area contributed by atoms with Gasteiger partial charge in [-0.1, -0.05) is 31.9 Å². The monoisotopic (exact) mass is 377 g/mol. The summed E-state index contributed by atoms with van der Waals surface area (Å²) in [7, 11) is 0. The van der Waals surface area contributed by atoms with Crippen LogP contribution in [0.4, 0.5) is 4.39 Å². The SMILES string of the molecule is O=C(c1cc(Br)ccc1F)N1CCCCC1CBr. The van der Waals surface area contributed by atoms with Crippen LogP contribution in [0.5, 0.6) is 0 Å². The first-order valence-electron chi connectivity index (χ1n) is 5.95. The Hall–Kier alpha value is -0.420. The summed E-state index contributed by atoms with van der Waals surface area (Å²) < 4.78 is 14.4. The summed E-state index contributed by atoms with van der Waals surface area (Å²) in [5.41, 5.74) is 0.150. The van der Waals surface area contributed by atoms with Crippen LogP contribution in [-0.2, 0) is 0 Å². The van der Waals surface area contributed by atoms with E-state index in [-0.39, 0.29) is 17.5 Å². The summed E-state index contributed by atoms with van der Waals surface area (Å²) in [4.78, 5) is 14.2. The Morgan fingerprint density at radius 1 is 1.44 bits per heavy atom. The fourth-order valence-electron chi connectivity index (χ4n) is 2.24. The van der Waals surface area contributed by atoms with Gasteiger partial charge in [0.1, 0.15) is 5.82 Å². The standard InChI is InChI=1S/C13H14Br2FNO/c14-8-10-3-1-2-6-17(10)13(18)11-7-9(15)4-5-12(11)16/h4-5,7,10H,1-3,6,8H2. The zero-order chi connectivity index (χ0) is 13.1. The molecule has 0 radical (unpaired) electrons. The van der Waals surface area contributed by atoms with Crippen molar-refractivity contribution in [3.63, 3.8) is 0 Å². The Balaban J connectivity index is 2.26. The Bertz CT molecular complexity index is 453. The highest BCUT2D eigenvalue weighted by Gasteiger charge is 2.28. The summed E-state index contributed by atoms with van der Waals surface area (Å²) >= 11 is 6.70. The van der Waals surface area contributed by atoms with Crippen molar-refractivity contribution in [2.24, 2.45) is 0 Å². The van der Waals surface area contributed by atoms with Gasteiger partial charge in [-0.3, -0.25) is 4.79 Å². The number of benzene rings is 1. The zero-order valence-electron chi connectivity index (χ0n) is 9.83. The number of piperidine rings is 1. The number of rotatable bonds is 2. The van der Waals surface area contributed by atoms with E-state index in [1.807, 2.05) is 0 Å². The molecular weight excluding hydrogens is 365 g/mol. The van der Waals surface area contributed by atoms with Crippen LogP contribution < -0.4 is 0 Å². The van der Waals surface area contributed by atoms with Crippen molar-refractivity contribution in [3.05, 3.63) is 34.1 Å². The van der Waals surface area contributed by atoms with E-state index in [4.69, 9.17) is 0 Å². The van der Waals surface area contributed by atoms with Crippen LogP contribution in [0.15, 0.2) is 22.7 Å². The van der Waals surface area contributed by atoms with Crippen molar-refractivity contribution in [1.82, 2.24) is 4.90 Å². The van der Waals surface area contributed by atoms with Gasteiger partial charge in [0.15, 0.2) is 0 Å². The minimum Gasteiger partial charge on any atom is -0.335 e. The molecule has 0 N–H and O–H groups in total. The Morgan fingerprint density at radius 2 is 2.22 bits per heavy atom. The molecule has 1 unspecified atom stereocenters. The molecule has 18 heavy (non-hydrogen) atoms. The summed E-state index contributed by atoms with van der Waals surface area (Å²) in [5, 5.41) is 0.744. The van der Waals surface area contributed by atoms with Gasteiger partial charge in [0.2, 0.25) is 0 Å². The number of nitrogens with zero attached hydrogens (tertiary/aromatic N) is 1. The van der Waals surface area contributed by atoms with E-state index in [0.717, 1.165) is 29.1 Å². The van der Waals surface area contributed by atoms with Crippen LogP contribution in [0.25, 0.3) is 0 Å². The zero-order valence-corrected chi connectivity index (χ0v) is 13.0. The van der Waals surface area contributed by atoms with E-state index in [2.05, 4.69) is 31.9 Å². The van der Waals surface area contributed by atoms with E-state index in [0.29, 0.717) is 6.54 Å². The number of likely N-dealkylation sites (tertiary alicyclic amines) is 1. The number of halogens is 3. The lowest BCUT2D eigenvalue weighted by molar-refractivity contribution is 0.0637. The van der Waals surface area contributed by atoms with Crippen molar-refractivity contribution >= 4 is 37.8 Å². The molecule has 1 fully saturated rings. The highest BCUT2D eigenvalue weighted by atomic mass is 79.9. The highest BCUT2D eigenvalue weighted by Crippen LogP contribution is 2.23. The molecule has 1 aliphatic rings. The van der Waals surface area contributed by atoms with Gasteiger partial charge in [0, 0.05) is 22.4 Å². The molecular formula is C13H14Br2FNO. The maximum atomic E-state index is 13.7. The van der Waals surface area contributed by atoms with Crippen molar-refractivity contribution in [2.45, 2.75) is 25.3 Å². The number of amides is 1. The lowest BCUT2D eigenvalue weighted by atomic mass is 10.0. The fraction of sp³-hybridized carbons (Fsp3) is 0.462. The molecule has 1 aromatic rings. The average molecular weight is 379 g/mol. The molecule has 0 bridgehead atoms. The average Bonchev–Trinajstić information content (AvgIpc) is 2.40. The van der Waals surface area contributed by atoms with Gasteiger partial charge in [0.25, 0.3) is 5.91 Å². The molecule has 0 aromatic heterocycles. The van der Waals surface area contributed by atoms with E-state index >= 15 is 0 Å². The third-order valence-corrected chi connectivity index (χ3v) is 4.47. The molecule has 0 saturated carbocycles. The van der Waals surface area contributed by atoms with Crippen molar-refractivity contribution in [1.29, 1.82) is 0 Å². The molecule has 1 atom stereocenters. The molecule has 1 aliphatic heterocycles. The predicted octanol–water partition coefficient (Wildman–Crippen LogP) is 3.98. The van der Waals surface area contributed by atoms with Gasteiger partial charge in [-0.15, -0.1) is 0 Å². The number of carbonyl (C=O) groups excluding carboxylic acids is 1. The molecule has 2 nitrogen and oxygen atoms in total. The largest absolute Gasteiger partial charge is 0.335 e. The minimum atomic E-state index is -0.456. The van der Waals surface area contributed by atoms with Crippen LogP contribution >= 0.6 is 31.9 Å². The smallest absolute Gasteiger partial charge is 0.257 e. The van der Waals surface area contributed by atoms with Crippen LogP contribution in [0.2, 0.25) is 0 Å². The number of hydrogen-bond donors (Lipinski definition) is 0. The Labute approximate surface area is 123 Å². The molecule has 5 heteroatoms. The topological polar surface area (TPSA) is 20.3 Å². The van der Waals surface area contributed by atoms with Crippen LogP contribution in [0.1, 0.15) is 29.6 Å². The summed E-state index contributed by atoms with van der Waals surface area (Å²) in [6, 6.07) is 4.65. The quantitative estimate of drug-likeness (QED) is 0.713. The number of carbonyl (C=O) groups is 1. The second-order valence-corrected chi connectivity index (χ2v) is 5.99. The highest BCUT2D eigenvalue weighted by molar-refractivity contribution is 9.10. The van der Waals surface area contributed by atoms with E-state index in [9.17, 15) is 9.18 Å². The molecule has 1 aromatic carbocycles. The third kappa shape index (κ3) is 2.94. The second kappa shape index (κ2) is 6.15. The van der Waals surface area contributed by atoms with Gasteiger partial charge < -0.3 is 4.90 Å². The summed E-state index contributed by atoms with van der Waals surface area (Å²) in [6.45, 7) is 0.709. The van der Waals surface area contributed by atoms with Crippen LogP contribution in [0, 0.1) is 5.82 Å². The van der Waals surface area contributed by atoms with E-state index in [1.165, 1.54) is 6.07 Å². The maximum Gasteiger partial charge on any atom is 0.257 e. The van der Waals surface area contributed by atoms with Gasteiger partial charge in [-0.05, 0) is 37.5 Å². The molecule has 0 aliphatic carbocycles. The molecule has 1 amide bonds. The van der Waals surface area contributed by atoms with Gasteiger partial charge in [0.05, 0.1) is 5.56 Å². The van der Waals surface area contributed by atoms with Crippen LogP contribution in [-0.4, -0.2) is 28.7 Å². The molecule has 1 heterocycles. The normalized spacial score (nSPS) is 19.9. The van der Waals surface area contributed by atoms with E-state index in [1.54, 1.807) is 17.0 Å². The van der Waals surface area contributed by atoms with Gasteiger partial charge >= 0.3 is 0 Å². The summed E-state index contributed by atoms with van der Waals surface area (Å²) in [5.74, 6) is -0.667. The third-order valence-electron chi connectivity index (χ3n) is 3.22. The van der Waals surface area contributed by atoms with E-state index < -0.39 is 5.82 Å². The lowest BCUT2D eigenvalue weighted by Gasteiger charge is -2.34. The van der Waals surface area contributed by atoms with Crippen molar-refractivity contribution in [3.8, 4) is 0 Å². The first-order valence-corrected chi connectivity index (χ1v) is 7.87. The molecule has 1 saturated heterocycles. The van der Waals surface area contributed by atoms with Crippen molar-refractivity contribution < 1.29 is 9.18 Å². The number of alkyl halides is 1. The summed E-state index contributed by atoms with van der Waals surface area (Å²) in [6.07, 6.45) is 3.10. The van der Waals surface area contributed by atoms with Crippen LogP contribution in [0.3, 0.4) is 0 Å². The van der Waals surface area contributed by atoms with Crippen molar-refractivity contribution in [2.75, 3.05) is 11.9 Å². The number of hydrogen-bond acceptors (Lipinski definition) is 1. The minimum absolute atomic E-state index is 0.150. The molecule has 98 valence electrons. The first-order chi connectivity index (χ1) is 8.63.